The molecule has 0 saturated carbocycles. The summed E-state index contributed by atoms with van der Waals surface area (Å²) < 4.78 is 45.2. The minimum absolute atomic E-state index is 0.145. The van der Waals surface area contributed by atoms with Crippen molar-refractivity contribution in [3.8, 4) is 0 Å². The van der Waals surface area contributed by atoms with Gasteiger partial charge in [0, 0.05) is 41.8 Å². The Morgan fingerprint density at radius 2 is 2.18 bits per heavy atom. The minimum atomic E-state index is -3.42. The van der Waals surface area contributed by atoms with Gasteiger partial charge in [0.05, 0.1) is 24.0 Å². The van der Waals surface area contributed by atoms with Crippen LogP contribution in [0.4, 0.5) is 4.39 Å². The van der Waals surface area contributed by atoms with Crippen molar-refractivity contribution in [2.24, 2.45) is 10.9 Å². The minimum Gasteiger partial charge on any atom is -0.466 e. The molecule has 2 atom stereocenters. The number of nitrogens with one attached hydrogen (secondary N) is 1. The number of hydrogen-bond acceptors (Lipinski definition) is 8. The molecule has 3 heterocycles. The molecule has 1 aromatic carbocycles. The fourth-order valence-electron chi connectivity index (χ4n) is 4.11. The summed E-state index contributed by atoms with van der Waals surface area (Å²) in [4.78, 5) is 22.0. The highest BCUT2D eigenvalue weighted by molar-refractivity contribution is 7.88. The Labute approximate surface area is 200 Å². The summed E-state index contributed by atoms with van der Waals surface area (Å²) in [6, 6.07) is 3.38. The summed E-state index contributed by atoms with van der Waals surface area (Å²) in [5, 5.41) is 5.43. The van der Waals surface area contributed by atoms with Gasteiger partial charge in [0.15, 0.2) is 10.8 Å². The van der Waals surface area contributed by atoms with Gasteiger partial charge in [-0.15, -0.1) is 11.3 Å². The number of carbonyl (C=O) groups is 1. The lowest BCUT2D eigenvalue weighted by molar-refractivity contribution is -0.136. The molecule has 1 saturated heterocycles. The molecule has 1 aromatic heterocycles. The Hall–Kier alpha value is -2.34. The van der Waals surface area contributed by atoms with E-state index in [1.807, 2.05) is 0 Å². The third-order valence-corrected chi connectivity index (χ3v) is 8.10. The number of ether oxygens (including phenoxy) is 1. The topological polar surface area (TPSA) is 101 Å². The van der Waals surface area contributed by atoms with Gasteiger partial charge in [-0.3, -0.25) is 4.99 Å². The number of benzene rings is 1. The van der Waals surface area contributed by atoms with Crippen LogP contribution in [0.5, 0.6) is 0 Å². The zero-order valence-electron chi connectivity index (χ0n) is 17.9. The molecule has 176 valence electrons. The van der Waals surface area contributed by atoms with E-state index in [0.717, 1.165) is 6.26 Å². The van der Waals surface area contributed by atoms with Gasteiger partial charge in [-0.2, -0.15) is 0 Å². The molecule has 0 amide bonds. The zero-order chi connectivity index (χ0) is 23.8. The zero-order valence-corrected chi connectivity index (χ0v) is 20.3. The maximum Gasteiger partial charge on any atom is 0.338 e. The number of halogens is 2. The fraction of sp³-hybridized carbons (Fsp3) is 0.381. The molecule has 1 N–H and O–H groups in total. The number of nitrogens with zero attached hydrogens (tertiary/aromatic N) is 3. The number of hydrogen-bond donors (Lipinski definition) is 1. The normalized spacial score (nSPS) is 22.0. The first-order valence-electron chi connectivity index (χ1n) is 10.2. The second kappa shape index (κ2) is 9.49. The Morgan fingerprint density at radius 1 is 1.39 bits per heavy atom. The summed E-state index contributed by atoms with van der Waals surface area (Å²) in [6.07, 6.45) is 4.05. The predicted molar refractivity (Wildman–Crippen MR) is 124 cm³/mol. The van der Waals surface area contributed by atoms with Crippen LogP contribution in [0.1, 0.15) is 29.5 Å². The Morgan fingerprint density at radius 3 is 2.85 bits per heavy atom. The van der Waals surface area contributed by atoms with Crippen molar-refractivity contribution in [2.45, 2.75) is 18.9 Å². The summed E-state index contributed by atoms with van der Waals surface area (Å²) in [7, 11) is -2.17. The summed E-state index contributed by atoms with van der Waals surface area (Å²) in [5.74, 6) is -1.22. The number of carbonyl (C=O) groups excluding carboxylic acids is 1. The van der Waals surface area contributed by atoms with E-state index in [1.54, 1.807) is 17.6 Å². The van der Waals surface area contributed by atoms with Crippen LogP contribution < -0.4 is 5.32 Å². The van der Waals surface area contributed by atoms with E-state index in [4.69, 9.17) is 16.3 Å². The molecule has 12 heteroatoms. The van der Waals surface area contributed by atoms with Crippen molar-refractivity contribution >= 4 is 44.8 Å². The van der Waals surface area contributed by atoms with E-state index < -0.39 is 27.9 Å². The monoisotopic (exact) mass is 512 g/mol. The van der Waals surface area contributed by atoms with E-state index in [-0.39, 0.29) is 23.1 Å². The molecule has 0 bridgehead atoms. The Bertz CT molecular complexity index is 1230. The van der Waals surface area contributed by atoms with E-state index in [9.17, 15) is 17.6 Å². The van der Waals surface area contributed by atoms with Gasteiger partial charge in [-0.05, 0) is 18.9 Å². The number of rotatable bonds is 5. The number of esters is 1. The van der Waals surface area contributed by atoms with Crippen molar-refractivity contribution in [2.75, 3.05) is 26.5 Å². The van der Waals surface area contributed by atoms with Gasteiger partial charge < -0.3 is 10.1 Å². The van der Waals surface area contributed by atoms with Gasteiger partial charge in [0.2, 0.25) is 10.0 Å². The third-order valence-electron chi connectivity index (χ3n) is 5.65. The molecule has 2 unspecified atom stereocenters. The van der Waals surface area contributed by atoms with E-state index >= 15 is 0 Å². The van der Waals surface area contributed by atoms with Gasteiger partial charge in [0.1, 0.15) is 11.9 Å². The molecule has 4 rings (SSSR count). The predicted octanol–water partition coefficient (Wildman–Crippen LogP) is 3.13. The number of aromatic nitrogens is 1. The van der Waals surface area contributed by atoms with E-state index in [0.29, 0.717) is 41.5 Å². The van der Waals surface area contributed by atoms with Crippen LogP contribution in [0.15, 0.2) is 46.0 Å². The van der Waals surface area contributed by atoms with Crippen molar-refractivity contribution in [1.82, 2.24) is 14.6 Å². The molecular weight excluding hydrogens is 491 g/mol. The van der Waals surface area contributed by atoms with Gasteiger partial charge in [-0.1, -0.05) is 23.7 Å². The average molecular weight is 513 g/mol. The molecule has 0 radical (unpaired) electrons. The van der Waals surface area contributed by atoms with Gasteiger partial charge in [0.25, 0.3) is 0 Å². The first-order valence-corrected chi connectivity index (χ1v) is 13.3. The molecule has 1 fully saturated rings. The molecule has 2 aromatic rings. The highest BCUT2D eigenvalue weighted by atomic mass is 35.5. The molecular formula is C21H22ClFN4O4S2. The smallest absolute Gasteiger partial charge is 0.338 e. The van der Waals surface area contributed by atoms with Crippen LogP contribution in [0.25, 0.3) is 0 Å². The molecule has 0 aliphatic carbocycles. The highest BCUT2D eigenvalue weighted by Crippen LogP contribution is 2.40. The first kappa shape index (κ1) is 23.8. The molecule has 2 aliphatic heterocycles. The van der Waals surface area contributed by atoms with E-state index in [2.05, 4.69) is 15.3 Å². The number of aliphatic imine (C=N–C) groups is 1. The Kier molecular flexibility index (Phi) is 6.85. The van der Waals surface area contributed by atoms with Crippen LogP contribution in [0, 0.1) is 11.7 Å². The lowest BCUT2D eigenvalue weighted by Crippen LogP contribution is -2.44. The summed E-state index contributed by atoms with van der Waals surface area (Å²) in [6.45, 7) is 0.596. The van der Waals surface area contributed by atoms with Crippen molar-refractivity contribution < 1.29 is 22.3 Å². The van der Waals surface area contributed by atoms with Crippen LogP contribution in [0.3, 0.4) is 0 Å². The number of sulfonamides is 1. The lowest BCUT2D eigenvalue weighted by atomic mass is 9.87. The van der Waals surface area contributed by atoms with Crippen molar-refractivity contribution in [1.29, 1.82) is 0 Å². The molecule has 33 heavy (non-hydrogen) atoms. The quantitative estimate of drug-likeness (QED) is 0.618. The maximum absolute atomic E-state index is 14.3. The summed E-state index contributed by atoms with van der Waals surface area (Å²) >= 11 is 7.64. The largest absolute Gasteiger partial charge is 0.466 e. The molecule has 8 nitrogen and oxygen atoms in total. The van der Waals surface area contributed by atoms with Crippen LogP contribution >= 0.6 is 22.9 Å². The lowest BCUT2D eigenvalue weighted by Gasteiger charge is -2.36. The van der Waals surface area contributed by atoms with Gasteiger partial charge in [-0.25, -0.2) is 26.9 Å². The van der Waals surface area contributed by atoms with Gasteiger partial charge >= 0.3 is 5.97 Å². The summed E-state index contributed by atoms with van der Waals surface area (Å²) in [5.41, 5.74) is 0.965. The Balaban J connectivity index is 1.89. The average Bonchev–Trinajstić information content (AvgIpc) is 3.34. The van der Waals surface area contributed by atoms with Crippen LogP contribution in [-0.4, -0.2) is 56.0 Å². The number of amidine groups is 1. The molecule has 0 spiro atoms. The fourth-order valence-corrected chi connectivity index (χ4v) is 5.84. The van der Waals surface area contributed by atoms with Crippen LogP contribution in [0.2, 0.25) is 5.02 Å². The second-order valence-electron chi connectivity index (χ2n) is 7.76. The molecule has 2 aliphatic rings. The highest BCUT2D eigenvalue weighted by Gasteiger charge is 2.39. The second-order valence-corrected chi connectivity index (χ2v) is 11.0. The van der Waals surface area contributed by atoms with Crippen LogP contribution in [-0.2, 0) is 19.6 Å². The van der Waals surface area contributed by atoms with Crippen molar-refractivity contribution in [3.63, 3.8) is 0 Å². The SMILES string of the molecule is COC(=O)C1=C(C2CCCN(S(C)(=O)=O)C2)NC(c2nccs2)=NC1c1cccc(F)c1Cl. The number of piperidine rings is 1. The standard InChI is InChI=1S/C21H22ClFN4O4S2/c1-31-21(28)15-17(12-5-4-9-27(11-12)33(2,29)30)25-19(20-24-8-10-32-20)26-18(15)13-6-3-7-14(23)16(13)22/h3,6-8,10,12,18H,4-5,9,11H2,1-2H3,(H,25,26). The first-order chi connectivity index (χ1) is 15.7. The number of thiazole rings is 1. The maximum atomic E-state index is 14.3. The van der Waals surface area contributed by atoms with E-state index in [1.165, 1.54) is 34.9 Å². The third kappa shape index (κ3) is 4.81. The van der Waals surface area contributed by atoms with Crippen molar-refractivity contribution in [3.05, 3.63) is 62.5 Å². The number of methoxy groups -OCH3 is 1.